The predicted molar refractivity (Wildman–Crippen MR) is 51.4 cm³/mol. The highest BCUT2D eigenvalue weighted by molar-refractivity contribution is 6.43. The molecule has 0 amide bonds. The van der Waals surface area contributed by atoms with Crippen molar-refractivity contribution in [2.24, 2.45) is 0 Å². The zero-order chi connectivity index (χ0) is 10.2. The Morgan fingerprint density at radius 3 is 1.92 bits per heavy atom. The molecule has 0 saturated heterocycles. The van der Waals surface area contributed by atoms with E-state index in [1.54, 1.807) is 0 Å². The number of Topliss-reactive ketones (excluding diaryl/α,β-unsaturated/α-hetero) is 2. The Kier molecular flexibility index (Phi) is 2.50. The van der Waals surface area contributed by atoms with Crippen LogP contribution in [0.4, 0.5) is 0 Å². The average Bonchev–Trinajstić information content (AvgIpc) is 2.31. The van der Waals surface area contributed by atoms with E-state index in [-0.39, 0.29) is 11.6 Å². The molecule has 0 bridgehead atoms. The van der Waals surface area contributed by atoms with Crippen molar-refractivity contribution in [2.75, 3.05) is 0 Å². The fourth-order valence-corrected chi connectivity index (χ4v) is 1.54. The zero-order valence-electron chi connectivity index (χ0n) is 8.52. The van der Waals surface area contributed by atoms with Crippen molar-refractivity contribution in [1.29, 1.82) is 0 Å². The van der Waals surface area contributed by atoms with Crippen LogP contribution >= 0.6 is 0 Å². The molecule has 0 unspecified atom stereocenters. The monoisotopic (exact) mass is 178 g/mol. The lowest BCUT2D eigenvalue weighted by atomic mass is 10.0. The molecule has 0 aliphatic heterocycles. The van der Waals surface area contributed by atoms with Gasteiger partial charge in [0.05, 0.1) is 0 Å². The van der Waals surface area contributed by atoms with Gasteiger partial charge in [-0.05, 0) is 38.3 Å². The largest absolute Gasteiger partial charge is 0.291 e. The maximum atomic E-state index is 11.4. The van der Waals surface area contributed by atoms with Crippen molar-refractivity contribution in [2.45, 2.75) is 34.1 Å². The molecule has 0 aromatic heterocycles. The molecule has 0 radical (unpaired) electrons. The Bertz CT molecular complexity index is 343. The minimum absolute atomic E-state index is 0.325. The van der Waals surface area contributed by atoms with Crippen LogP contribution < -0.4 is 0 Å². The first kappa shape index (κ1) is 9.90. The number of ketones is 2. The Balaban J connectivity index is 3.02. The van der Waals surface area contributed by atoms with Gasteiger partial charge >= 0.3 is 0 Å². The van der Waals surface area contributed by atoms with Gasteiger partial charge in [-0.25, -0.2) is 0 Å². The molecule has 70 valence electrons. The molecule has 1 aliphatic carbocycles. The van der Waals surface area contributed by atoms with Crippen LogP contribution in [0.2, 0.25) is 0 Å². The van der Waals surface area contributed by atoms with Crippen molar-refractivity contribution >= 4 is 11.6 Å². The van der Waals surface area contributed by atoms with Crippen LogP contribution in [-0.2, 0) is 9.59 Å². The Hall–Kier alpha value is -1.18. The highest BCUT2D eigenvalue weighted by Gasteiger charge is 2.23. The molecule has 1 aliphatic rings. The second-order valence-electron chi connectivity index (χ2n) is 3.57. The van der Waals surface area contributed by atoms with Crippen molar-refractivity contribution in [3.8, 4) is 0 Å². The van der Waals surface area contributed by atoms with Crippen molar-refractivity contribution in [1.82, 2.24) is 0 Å². The summed E-state index contributed by atoms with van der Waals surface area (Å²) in [7, 11) is 0. The highest BCUT2D eigenvalue weighted by Crippen LogP contribution is 2.31. The second-order valence-corrected chi connectivity index (χ2v) is 3.57. The zero-order valence-corrected chi connectivity index (χ0v) is 8.52. The fourth-order valence-electron chi connectivity index (χ4n) is 1.54. The Morgan fingerprint density at radius 1 is 1.08 bits per heavy atom. The van der Waals surface area contributed by atoms with Crippen molar-refractivity contribution in [3.05, 3.63) is 22.3 Å². The maximum absolute atomic E-state index is 11.4. The number of hydrogen-bond donors (Lipinski definition) is 0. The van der Waals surface area contributed by atoms with E-state index in [1.807, 2.05) is 20.8 Å². The molecule has 0 aromatic rings. The van der Waals surface area contributed by atoms with E-state index in [0.717, 1.165) is 11.1 Å². The highest BCUT2D eigenvalue weighted by atomic mass is 16.2. The standard InChI is InChI=1S/C11H14O2/c1-6-5-10(8(3)7(6)2)11(13)9(4)12/h5H2,1-4H3. The summed E-state index contributed by atoms with van der Waals surface area (Å²) < 4.78 is 0. The lowest BCUT2D eigenvalue weighted by Crippen LogP contribution is -2.12. The molecule has 0 N–H and O–H groups in total. The summed E-state index contributed by atoms with van der Waals surface area (Å²) in [4.78, 5) is 22.3. The Labute approximate surface area is 78.3 Å². The number of carbonyl (C=O) groups is 2. The number of allylic oxidation sites excluding steroid dienone is 4. The predicted octanol–water partition coefficient (Wildman–Crippen LogP) is 2.20. The number of rotatable bonds is 2. The number of carbonyl (C=O) groups excluding carboxylic acids is 2. The molecule has 1 rings (SSSR count). The van der Waals surface area contributed by atoms with Crippen LogP contribution in [0.25, 0.3) is 0 Å². The van der Waals surface area contributed by atoms with E-state index in [1.165, 1.54) is 12.5 Å². The summed E-state index contributed by atoms with van der Waals surface area (Å²) in [6, 6.07) is 0. The second kappa shape index (κ2) is 3.29. The van der Waals surface area contributed by atoms with E-state index in [2.05, 4.69) is 0 Å². The van der Waals surface area contributed by atoms with Gasteiger partial charge in [0.2, 0.25) is 5.78 Å². The van der Waals surface area contributed by atoms with Crippen LogP contribution in [0.15, 0.2) is 22.3 Å². The molecule has 0 aromatic carbocycles. The Morgan fingerprint density at radius 2 is 1.62 bits per heavy atom. The van der Waals surface area contributed by atoms with E-state index >= 15 is 0 Å². The van der Waals surface area contributed by atoms with Crippen LogP contribution in [0.1, 0.15) is 34.1 Å². The molecule has 0 heterocycles. The normalized spacial score (nSPS) is 16.9. The number of hydrogen-bond acceptors (Lipinski definition) is 2. The SMILES string of the molecule is CC(=O)C(=O)C1=C(C)C(C)=C(C)C1. The average molecular weight is 178 g/mol. The van der Waals surface area contributed by atoms with Gasteiger partial charge in [-0.15, -0.1) is 0 Å². The molecule has 2 heteroatoms. The molecule has 0 saturated carbocycles. The van der Waals surface area contributed by atoms with Crippen LogP contribution in [0.3, 0.4) is 0 Å². The van der Waals surface area contributed by atoms with E-state index in [0.29, 0.717) is 12.0 Å². The summed E-state index contributed by atoms with van der Waals surface area (Å²) in [5, 5.41) is 0. The lowest BCUT2D eigenvalue weighted by Gasteiger charge is -1.99. The fraction of sp³-hybridized carbons (Fsp3) is 0.455. The first-order valence-corrected chi connectivity index (χ1v) is 4.37. The summed E-state index contributed by atoms with van der Waals surface area (Å²) >= 11 is 0. The van der Waals surface area contributed by atoms with Gasteiger partial charge in [-0.2, -0.15) is 0 Å². The molecular weight excluding hydrogens is 164 g/mol. The molecular formula is C11H14O2. The molecule has 0 fully saturated rings. The summed E-state index contributed by atoms with van der Waals surface area (Å²) in [6.07, 6.45) is 0.649. The van der Waals surface area contributed by atoms with Gasteiger partial charge in [-0.1, -0.05) is 5.57 Å². The smallest absolute Gasteiger partial charge is 0.224 e. The van der Waals surface area contributed by atoms with Crippen molar-refractivity contribution < 1.29 is 9.59 Å². The van der Waals surface area contributed by atoms with Crippen LogP contribution in [0, 0.1) is 0 Å². The third-order valence-corrected chi connectivity index (χ3v) is 2.69. The van der Waals surface area contributed by atoms with E-state index < -0.39 is 0 Å². The molecule has 0 spiro atoms. The van der Waals surface area contributed by atoms with Crippen LogP contribution in [0.5, 0.6) is 0 Å². The van der Waals surface area contributed by atoms with E-state index in [9.17, 15) is 9.59 Å². The maximum Gasteiger partial charge on any atom is 0.224 e. The van der Waals surface area contributed by atoms with Gasteiger partial charge in [-0.3, -0.25) is 9.59 Å². The van der Waals surface area contributed by atoms with E-state index in [4.69, 9.17) is 0 Å². The third kappa shape index (κ3) is 1.62. The van der Waals surface area contributed by atoms with Gasteiger partial charge < -0.3 is 0 Å². The van der Waals surface area contributed by atoms with Gasteiger partial charge in [0.25, 0.3) is 0 Å². The summed E-state index contributed by atoms with van der Waals surface area (Å²) in [5.74, 6) is -0.689. The quantitative estimate of drug-likeness (QED) is 0.607. The third-order valence-electron chi connectivity index (χ3n) is 2.69. The van der Waals surface area contributed by atoms with Gasteiger partial charge in [0, 0.05) is 12.5 Å². The summed E-state index contributed by atoms with van der Waals surface area (Å²) in [6.45, 7) is 7.22. The minimum Gasteiger partial charge on any atom is -0.291 e. The van der Waals surface area contributed by atoms with Crippen LogP contribution in [-0.4, -0.2) is 11.6 Å². The molecule has 2 nitrogen and oxygen atoms in total. The van der Waals surface area contributed by atoms with Gasteiger partial charge in [0.1, 0.15) is 0 Å². The van der Waals surface area contributed by atoms with Gasteiger partial charge in [0.15, 0.2) is 5.78 Å². The topological polar surface area (TPSA) is 34.1 Å². The molecule has 0 atom stereocenters. The minimum atomic E-state index is -0.364. The first-order chi connectivity index (χ1) is 5.95. The molecule has 13 heavy (non-hydrogen) atoms. The lowest BCUT2D eigenvalue weighted by molar-refractivity contribution is -0.133. The van der Waals surface area contributed by atoms with Crippen molar-refractivity contribution in [3.63, 3.8) is 0 Å². The first-order valence-electron chi connectivity index (χ1n) is 4.37. The summed E-state index contributed by atoms with van der Waals surface area (Å²) in [5.41, 5.74) is 4.02.